The summed E-state index contributed by atoms with van der Waals surface area (Å²) in [6, 6.07) is 38.9. The summed E-state index contributed by atoms with van der Waals surface area (Å²) in [7, 11) is 2.19. The lowest BCUT2D eigenvalue weighted by Gasteiger charge is -2.12. The van der Waals surface area contributed by atoms with Gasteiger partial charge in [-0.05, 0) is 86.9 Å². The second-order valence-electron chi connectivity index (χ2n) is 10.8. The monoisotopic (exact) mass is 572 g/mol. The average Bonchev–Trinajstić information content (AvgIpc) is 3.45. The van der Waals surface area contributed by atoms with Gasteiger partial charge in [0.05, 0.1) is 17.9 Å². The summed E-state index contributed by atoms with van der Waals surface area (Å²) in [5.74, 6) is 2.28. The number of para-hydroxylation sites is 2. The summed E-state index contributed by atoms with van der Waals surface area (Å²) >= 11 is 0. The fraction of sp³-hybridized carbons (Fsp3) is 0.243. The number of nitrogens with zero attached hydrogens (tertiary/aromatic N) is 3. The van der Waals surface area contributed by atoms with Crippen molar-refractivity contribution in [2.45, 2.75) is 45.6 Å². The van der Waals surface area contributed by atoms with Crippen molar-refractivity contribution in [1.29, 1.82) is 0 Å². The van der Waals surface area contributed by atoms with Crippen LogP contribution in [-0.4, -0.2) is 34.5 Å². The van der Waals surface area contributed by atoms with Crippen LogP contribution < -0.4 is 15.2 Å². The first-order chi connectivity index (χ1) is 21.1. The molecule has 0 unspecified atom stereocenters. The van der Waals surface area contributed by atoms with Crippen LogP contribution >= 0.6 is 0 Å². The van der Waals surface area contributed by atoms with Crippen molar-refractivity contribution in [3.63, 3.8) is 0 Å². The molecule has 43 heavy (non-hydrogen) atoms. The van der Waals surface area contributed by atoms with E-state index in [1.54, 1.807) is 0 Å². The number of nitrogens with two attached hydrogens (primary N) is 1. The molecule has 0 aliphatic carbocycles. The third kappa shape index (κ3) is 8.74. The molecule has 1 aliphatic rings. The molecule has 4 aromatic carbocycles. The molecule has 0 bridgehead atoms. The van der Waals surface area contributed by atoms with Crippen molar-refractivity contribution in [2.24, 2.45) is 5.73 Å². The molecule has 0 saturated carbocycles. The molecule has 1 atom stereocenters. The summed E-state index contributed by atoms with van der Waals surface area (Å²) in [6.07, 6.45) is 2.80. The molecule has 0 spiro atoms. The lowest BCUT2D eigenvalue weighted by atomic mass is 10.0. The van der Waals surface area contributed by atoms with E-state index >= 15 is 0 Å². The Morgan fingerprint density at radius 2 is 1.21 bits per heavy atom. The SMILES string of the molecule is C[C@@H]1CCCN1C.NCc1nc(-c2cccc(COc3ccccc3)c2)cc(-c2cccc(COc3ccccc3)c2)n1. The minimum atomic E-state index is 0.258. The zero-order chi connectivity index (χ0) is 29.9. The molecule has 1 aliphatic heterocycles. The lowest BCUT2D eigenvalue weighted by Crippen LogP contribution is -2.20. The van der Waals surface area contributed by atoms with Crippen LogP contribution in [0, 0.1) is 0 Å². The summed E-state index contributed by atoms with van der Waals surface area (Å²) < 4.78 is 11.8. The second kappa shape index (κ2) is 15.1. The van der Waals surface area contributed by atoms with Gasteiger partial charge < -0.3 is 20.1 Å². The molecule has 6 rings (SSSR count). The minimum absolute atomic E-state index is 0.258. The molecule has 220 valence electrons. The van der Waals surface area contributed by atoms with E-state index in [4.69, 9.17) is 25.2 Å². The molecule has 0 amide bonds. The Hall–Kier alpha value is -4.52. The van der Waals surface area contributed by atoms with E-state index in [2.05, 4.69) is 43.1 Å². The number of hydrogen-bond donors (Lipinski definition) is 1. The number of likely N-dealkylation sites (tertiary alicyclic amines) is 1. The third-order valence-electron chi connectivity index (χ3n) is 7.58. The first-order valence-electron chi connectivity index (χ1n) is 14.9. The molecular formula is C37H40N4O2. The molecule has 0 radical (unpaired) electrons. The Bertz CT molecular complexity index is 1460. The number of benzene rings is 4. The molecule has 1 saturated heterocycles. The summed E-state index contributed by atoms with van der Waals surface area (Å²) in [6.45, 7) is 4.80. The van der Waals surface area contributed by atoms with Crippen LogP contribution in [0.25, 0.3) is 22.5 Å². The van der Waals surface area contributed by atoms with Crippen LogP contribution in [0.5, 0.6) is 11.5 Å². The van der Waals surface area contributed by atoms with Crippen molar-refractivity contribution < 1.29 is 9.47 Å². The fourth-order valence-electron chi connectivity index (χ4n) is 4.97. The highest BCUT2D eigenvalue weighted by Gasteiger charge is 2.14. The molecule has 5 aromatic rings. The van der Waals surface area contributed by atoms with Crippen LogP contribution in [0.3, 0.4) is 0 Å². The average molecular weight is 573 g/mol. The van der Waals surface area contributed by atoms with Gasteiger partial charge in [0.1, 0.15) is 30.5 Å². The van der Waals surface area contributed by atoms with Crippen LogP contribution in [0.15, 0.2) is 115 Å². The largest absolute Gasteiger partial charge is 0.489 e. The molecule has 6 heteroatoms. The highest BCUT2D eigenvalue weighted by molar-refractivity contribution is 5.68. The lowest BCUT2D eigenvalue weighted by molar-refractivity contribution is 0.306. The van der Waals surface area contributed by atoms with E-state index in [1.165, 1.54) is 19.4 Å². The summed E-state index contributed by atoms with van der Waals surface area (Å²) in [5.41, 5.74) is 11.7. The maximum atomic E-state index is 5.96. The molecule has 1 fully saturated rings. The Morgan fingerprint density at radius 3 is 1.60 bits per heavy atom. The number of ether oxygens (including phenoxy) is 2. The van der Waals surface area contributed by atoms with E-state index in [1.807, 2.05) is 91.0 Å². The first-order valence-corrected chi connectivity index (χ1v) is 14.9. The van der Waals surface area contributed by atoms with E-state index in [0.717, 1.165) is 51.2 Å². The second-order valence-corrected chi connectivity index (χ2v) is 10.8. The Kier molecular flexibility index (Phi) is 10.5. The Labute approximate surface area is 255 Å². The fourth-order valence-corrected chi connectivity index (χ4v) is 4.97. The molecule has 2 N–H and O–H groups in total. The normalized spacial score (nSPS) is 14.5. The maximum Gasteiger partial charge on any atom is 0.143 e. The smallest absolute Gasteiger partial charge is 0.143 e. The molecule has 2 heterocycles. The highest BCUT2D eigenvalue weighted by Crippen LogP contribution is 2.26. The van der Waals surface area contributed by atoms with Gasteiger partial charge in [-0.2, -0.15) is 0 Å². The standard InChI is InChI=1S/C31H27N3O2.C6H13N/c32-20-31-33-29(25-11-7-9-23(17-25)21-35-27-13-3-1-4-14-27)19-30(34-31)26-12-8-10-24(18-26)22-36-28-15-5-2-6-16-28;1-6-4-3-5-7(6)2/h1-19H,20-22,32H2;6H,3-5H2,1-2H3/t;6-/m.1/s1. The predicted octanol–water partition coefficient (Wildman–Crippen LogP) is 7.53. The van der Waals surface area contributed by atoms with E-state index in [9.17, 15) is 0 Å². The summed E-state index contributed by atoms with van der Waals surface area (Å²) in [5, 5.41) is 0. The summed E-state index contributed by atoms with van der Waals surface area (Å²) in [4.78, 5) is 11.8. The van der Waals surface area contributed by atoms with Gasteiger partial charge in [0.15, 0.2) is 0 Å². The quantitative estimate of drug-likeness (QED) is 0.197. The van der Waals surface area contributed by atoms with Crippen LogP contribution in [-0.2, 0) is 19.8 Å². The zero-order valence-electron chi connectivity index (χ0n) is 25.0. The minimum Gasteiger partial charge on any atom is -0.489 e. The molecule has 1 aromatic heterocycles. The van der Waals surface area contributed by atoms with E-state index < -0.39 is 0 Å². The van der Waals surface area contributed by atoms with Crippen molar-refractivity contribution in [1.82, 2.24) is 14.9 Å². The number of hydrogen-bond acceptors (Lipinski definition) is 6. The third-order valence-corrected chi connectivity index (χ3v) is 7.58. The zero-order valence-corrected chi connectivity index (χ0v) is 25.0. The van der Waals surface area contributed by atoms with Crippen molar-refractivity contribution in [3.05, 3.63) is 132 Å². The van der Waals surface area contributed by atoms with Crippen LogP contribution in [0.1, 0.15) is 36.7 Å². The van der Waals surface area contributed by atoms with Crippen molar-refractivity contribution >= 4 is 0 Å². The Balaban J connectivity index is 0.000000463. The van der Waals surface area contributed by atoms with Gasteiger partial charge >= 0.3 is 0 Å². The van der Waals surface area contributed by atoms with Crippen LogP contribution in [0.4, 0.5) is 0 Å². The van der Waals surface area contributed by atoms with Crippen molar-refractivity contribution in [3.8, 4) is 34.0 Å². The van der Waals surface area contributed by atoms with Gasteiger partial charge in [-0.25, -0.2) is 9.97 Å². The topological polar surface area (TPSA) is 73.5 Å². The first kappa shape index (κ1) is 30.0. The highest BCUT2D eigenvalue weighted by atomic mass is 16.5. The van der Waals surface area contributed by atoms with Gasteiger partial charge in [0, 0.05) is 17.2 Å². The van der Waals surface area contributed by atoms with Gasteiger partial charge in [-0.15, -0.1) is 0 Å². The van der Waals surface area contributed by atoms with E-state index in [-0.39, 0.29) is 6.54 Å². The maximum absolute atomic E-state index is 5.96. The van der Waals surface area contributed by atoms with Crippen LogP contribution in [0.2, 0.25) is 0 Å². The van der Waals surface area contributed by atoms with Gasteiger partial charge in [-0.3, -0.25) is 0 Å². The van der Waals surface area contributed by atoms with Gasteiger partial charge in [0.25, 0.3) is 0 Å². The number of aromatic nitrogens is 2. The van der Waals surface area contributed by atoms with Gasteiger partial charge in [-0.1, -0.05) is 72.8 Å². The molecular weight excluding hydrogens is 532 g/mol. The van der Waals surface area contributed by atoms with E-state index in [0.29, 0.717) is 19.0 Å². The predicted molar refractivity (Wildman–Crippen MR) is 174 cm³/mol. The van der Waals surface area contributed by atoms with Crippen molar-refractivity contribution in [2.75, 3.05) is 13.6 Å². The molecule has 6 nitrogen and oxygen atoms in total. The van der Waals surface area contributed by atoms with Gasteiger partial charge in [0.2, 0.25) is 0 Å². The number of rotatable bonds is 9. The Morgan fingerprint density at radius 1 is 0.698 bits per heavy atom.